The van der Waals surface area contributed by atoms with Crippen molar-refractivity contribution in [3.05, 3.63) is 0 Å². The smallest absolute Gasteiger partial charge is 0.0613 e. The summed E-state index contributed by atoms with van der Waals surface area (Å²) in [6.07, 6.45) is 8.38. The zero-order valence-corrected chi connectivity index (χ0v) is 13.2. The fourth-order valence-electron chi connectivity index (χ4n) is 3.44. The van der Waals surface area contributed by atoms with Gasteiger partial charge in [-0.3, -0.25) is 0 Å². The van der Waals surface area contributed by atoms with E-state index in [4.69, 9.17) is 0 Å². The second kappa shape index (κ2) is 8.93. The Morgan fingerprint density at radius 3 is 2.37 bits per heavy atom. The van der Waals surface area contributed by atoms with E-state index in [1.165, 1.54) is 38.8 Å². The lowest BCUT2D eigenvalue weighted by atomic mass is 9.78. The SMILES string of the molecule is CCCNC1(CO)CCCC(N(CCC)CCC)C1. The third kappa shape index (κ3) is 5.05. The first-order valence-electron chi connectivity index (χ1n) is 8.31. The van der Waals surface area contributed by atoms with Gasteiger partial charge in [-0.05, 0) is 64.6 Å². The van der Waals surface area contributed by atoms with Crippen molar-refractivity contribution >= 4 is 0 Å². The molecule has 0 saturated heterocycles. The molecule has 1 aliphatic rings. The summed E-state index contributed by atoms with van der Waals surface area (Å²) in [7, 11) is 0. The van der Waals surface area contributed by atoms with Gasteiger partial charge in [0.25, 0.3) is 0 Å². The van der Waals surface area contributed by atoms with Crippen LogP contribution in [0.25, 0.3) is 0 Å². The van der Waals surface area contributed by atoms with Crippen molar-refractivity contribution in [3.63, 3.8) is 0 Å². The molecule has 0 aromatic carbocycles. The molecule has 1 fully saturated rings. The van der Waals surface area contributed by atoms with Crippen molar-refractivity contribution in [3.8, 4) is 0 Å². The number of aliphatic hydroxyl groups excluding tert-OH is 1. The van der Waals surface area contributed by atoms with E-state index in [-0.39, 0.29) is 12.1 Å². The van der Waals surface area contributed by atoms with Crippen LogP contribution in [0.2, 0.25) is 0 Å². The number of rotatable bonds is 9. The first-order chi connectivity index (χ1) is 9.21. The van der Waals surface area contributed by atoms with Gasteiger partial charge in [0, 0.05) is 11.6 Å². The highest BCUT2D eigenvalue weighted by Gasteiger charge is 2.37. The first-order valence-corrected chi connectivity index (χ1v) is 8.31. The molecule has 0 heterocycles. The molecule has 19 heavy (non-hydrogen) atoms. The maximum Gasteiger partial charge on any atom is 0.0613 e. The van der Waals surface area contributed by atoms with E-state index >= 15 is 0 Å². The Hall–Kier alpha value is -0.120. The average Bonchev–Trinajstić information content (AvgIpc) is 2.45. The molecule has 3 heteroatoms. The number of hydrogen-bond donors (Lipinski definition) is 2. The standard InChI is InChI=1S/C16H34N2O/c1-4-10-17-16(14-19)9-7-8-15(13-16)18(11-5-2)12-6-3/h15,17,19H,4-14H2,1-3H3. The van der Waals surface area contributed by atoms with E-state index < -0.39 is 0 Å². The average molecular weight is 270 g/mol. The normalized spacial score (nSPS) is 27.9. The van der Waals surface area contributed by atoms with Crippen LogP contribution in [0.1, 0.15) is 65.7 Å². The zero-order chi connectivity index (χ0) is 14.1. The Balaban J connectivity index is 2.63. The summed E-state index contributed by atoms with van der Waals surface area (Å²) in [6, 6.07) is 0.658. The van der Waals surface area contributed by atoms with Crippen molar-refractivity contribution in [1.82, 2.24) is 10.2 Å². The first kappa shape index (κ1) is 16.9. The summed E-state index contributed by atoms with van der Waals surface area (Å²) < 4.78 is 0. The van der Waals surface area contributed by atoms with E-state index in [1.807, 2.05) is 0 Å². The van der Waals surface area contributed by atoms with Crippen LogP contribution in [0.4, 0.5) is 0 Å². The maximum atomic E-state index is 9.85. The molecule has 0 radical (unpaired) electrons. The highest BCUT2D eigenvalue weighted by atomic mass is 16.3. The molecule has 0 spiro atoms. The summed E-state index contributed by atoms with van der Waals surface area (Å²) in [5.41, 5.74) is -0.0152. The lowest BCUT2D eigenvalue weighted by Crippen LogP contribution is -2.56. The van der Waals surface area contributed by atoms with Crippen LogP contribution in [0, 0.1) is 0 Å². The van der Waals surface area contributed by atoms with Crippen LogP contribution >= 0.6 is 0 Å². The molecule has 1 rings (SSSR count). The van der Waals surface area contributed by atoms with Gasteiger partial charge in [0.15, 0.2) is 0 Å². The van der Waals surface area contributed by atoms with Gasteiger partial charge in [-0.2, -0.15) is 0 Å². The molecule has 0 aliphatic heterocycles. The Morgan fingerprint density at radius 1 is 1.16 bits per heavy atom. The van der Waals surface area contributed by atoms with Gasteiger partial charge in [0.05, 0.1) is 6.61 Å². The van der Waals surface area contributed by atoms with E-state index in [1.54, 1.807) is 0 Å². The lowest BCUT2D eigenvalue weighted by molar-refractivity contribution is 0.0591. The van der Waals surface area contributed by atoms with Crippen LogP contribution in [-0.4, -0.2) is 47.8 Å². The molecule has 0 aromatic rings. The Labute approximate surface area is 119 Å². The van der Waals surface area contributed by atoms with Gasteiger partial charge >= 0.3 is 0 Å². The topological polar surface area (TPSA) is 35.5 Å². The largest absolute Gasteiger partial charge is 0.394 e. The van der Waals surface area contributed by atoms with Crippen LogP contribution < -0.4 is 5.32 Å². The van der Waals surface area contributed by atoms with E-state index in [0.29, 0.717) is 6.04 Å². The third-order valence-electron chi connectivity index (χ3n) is 4.41. The molecule has 0 bridgehead atoms. The maximum absolute atomic E-state index is 9.85. The predicted molar refractivity (Wildman–Crippen MR) is 82.5 cm³/mol. The van der Waals surface area contributed by atoms with Gasteiger partial charge in [-0.1, -0.05) is 20.8 Å². The highest BCUT2D eigenvalue weighted by molar-refractivity contribution is 4.96. The Bertz CT molecular complexity index is 229. The highest BCUT2D eigenvalue weighted by Crippen LogP contribution is 2.31. The number of nitrogens with one attached hydrogen (secondary N) is 1. The monoisotopic (exact) mass is 270 g/mol. The van der Waals surface area contributed by atoms with Crippen LogP contribution in [-0.2, 0) is 0 Å². The quantitative estimate of drug-likeness (QED) is 0.676. The second-order valence-corrected chi connectivity index (χ2v) is 6.15. The Kier molecular flexibility index (Phi) is 7.96. The van der Waals surface area contributed by atoms with E-state index in [0.717, 1.165) is 25.8 Å². The molecule has 114 valence electrons. The number of nitrogens with zero attached hydrogens (tertiary/aromatic N) is 1. The van der Waals surface area contributed by atoms with Gasteiger partial charge in [0.1, 0.15) is 0 Å². The molecular formula is C16H34N2O. The van der Waals surface area contributed by atoms with Crippen molar-refractivity contribution in [2.45, 2.75) is 77.3 Å². The summed E-state index contributed by atoms with van der Waals surface area (Å²) in [5.74, 6) is 0. The molecule has 0 aromatic heterocycles. The van der Waals surface area contributed by atoms with Crippen LogP contribution in [0.3, 0.4) is 0 Å². The fourth-order valence-corrected chi connectivity index (χ4v) is 3.44. The van der Waals surface area contributed by atoms with Crippen molar-refractivity contribution in [2.75, 3.05) is 26.2 Å². The molecular weight excluding hydrogens is 236 g/mol. The summed E-state index contributed by atoms with van der Waals surface area (Å²) in [4.78, 5) is 2.65. The molecule has 2 atom stereocenters. The molecule has 0 amide bonds. The molecule has 2 N–H and O–H groups in total. The minimum Gasteiger partial charge on any atom is -0.394 e. The van der Waals surface area contributed by atoms with Crippen molar-refractivity contribution in [2.24, 2.45) is 0 Å². The number of aliphatic hydroxyl groups is 1. The van der Waals surface area contributed by atoms with Crippen LogP contribution in [0.15, 0.2) is 0 Å². The summed E-state index contributed by atoms with van der Waals surface area (Å²) in [6.45, 7) is 10.4. The molecule has 2 unspecified atom stereocenters. The lowest BCUT2D eigenvalue weighted by Gasteiger charge is -2.44. The minimum atomic E-state index is -0.0152. The van der Waals surface area contributed by atoms with Gasteiger partial charge in [-0.15, -0.1) is 0 Å². The van der Waals surface area contributed by atoms with Crippen molar-refractivity contribution in [1.29, 1.82) is 0 Å². The predicted octanol–water partition coefficient (Wildman–Crippen LogP) is 2.78. The fraction of sp³-hybridized carbons (Fsp3) is 1.00. The van der Waals surface area contributed by atoms with Gasteiger partial charge in [-0.25, -0.2) is 0 Å². The van der Waals surface area contributed by atoms with E-state index in [2.05, 4.69) is 31.0 Å². The Morgan fingerprint density at radius 2 is 1.84 bits per heavy atom. The van der Waals surface area contributed by atoms with Gasteiger partial charge < -0.3 is 15.3 Å². The summed E-state index contributed by atoms with van der Waals surface area (Å²) >= 11 is 0. The number of hydrogen-bond acceptors (Lipinski definition) is 3. The molecule has 3 nitrogen and oxygen atoms in total. The molecule has 1 aliphatic carbocycles. The minimum absolute atomic E-state index is 0.0152. The summed E-state index contributed by atoms with van der Waals surface area (Å²) in [5, 5.41) is 13.5. The van der Waals surface area contributed by atoms with Crippen LogP contribution in [0.5, 0.6) is 0 Å². The zero-order valence-electron chi connectivity index (χ0n) is 13.2. The van der Waals surface area contributed by atoms with E-state index in [9.17, 15) is 5.11 Å². The van der Waals surface area contributed by atoms with Gasteiger partial charge in [0.2, 0.25) is 0 Å². The second-order valence-electron chi connectivity index (χ2n) is 6.15. The van der Waals surface area contributed by atoms with Crippen molar-refractivity contribution < 1.29 is 5.11 Å². The third-order valence-corrected chi connectivity index (χ3v) is 4.41. The molecule has 1 saturated carbocycles.